The second kappa shape index (κ2) is 7.59. The Labute approximate surface area is 182 Å². The fourth-order valence-corrected chi connectivity index (χ4v) is 4.94. The molecule has 3 nitrogen and oxygen atoms in total. The van der Waals surface area contributed by atoms with Gasteiger partial charge < -0.3 is 5.11 Å². The van der Waals surface area contributed by atoms with Crippen molar-refractivity contribution in [2.24, 2.45) is 0 Å². The van der Waals surface area contributed by atoms with E-state index >= 15 is 0 Å². The molecule has 0 spiro atoms. The van der Waals surface area contributed by atoms with Crippen LogP contribution in [0.4, 0.5) is 17.6 Å². The molecule has 1 saturated carbocycles. The van der Waals surface area contributed by atoms with E-state index in [1.54, 1.807) is 18.3 Å². The van der Waals surface area contributed by atoms with Gasteiger partial charge in [0.15, 0.2) is 0 Å². The average Bonchev–Trinajstić information content (AvgIpc) is 3.22. The normalized spacial score (nSPS) is 17.7. The summed E-state index contributed by atoms with van der Waals surface area (Å²) in [6.07, 6.45) is 1.90. The number of alkyl halides is 3. The molecule has 0 saturated heterocycles. The number of halogens is 4. The highest BCUT2D eigenvalue weighted by Crippen LogP contribution is 2.47. The van der Waals surface area contributed by atoms with Crippen LogP contribution in [0, 0.1) is 5.82 Å². The zero-order valence-corrected chi connectivity index (χ0v) is 17.2. The van der Waals surface area contributed by atoms with Gasteiger partial charge in [-0.25, -0.2) is 4.39 Å². The zero-order valence-electron chi connectivity index (χ0n) is 17.2. The highest BCUT2D eigenvalue weighted by molar-refractivity contribution is 5.88. The van der Waals surface area contributed by atoms with Crippen LogP contribution in [0.3, 0.4) is 0 Å². The van der Waals surface area contributed by atoms with Crippen molar-refractivity contribution in [2.75, 3.05) is 0 Å². The van der Waals surface area contributed by atoms with Crippen molar-refractivity contribution in [3.8, 4) is 0 Å². The minimum absolute atomic E-state index is 0.0188. The van der Waals surface area contributed by atoms with Crippen LogP contribution < -0.4 is 0 Å². The van der Waals surface area contributed by atoms with Gasteiger partial charge in [-0.1, -0.05) is 55.7 Å². The van der Waals surface area contributed by atoms with Gasteiger partial charge in [0.2, 0.25) is 5.60 Å². The lowest BCUT2D eigenvalue weighted by atomic mass is 9.82. The fraction of sp³-hybridized carbons (Fsp3) is 0.320. The first-order valence-electron chi connectivity index (χ1n) is 10.8. The van der Waals surface area contributed by atoms with E-state index in [9.17, 15) is 22.7 Å². The molecule has 1 unspecified atom stereocenters. The summed E-state index contributed by atoms with van der Waals surface area (Å²) in [7, 11) is 0. The van der Waals surface area contributed by atoms with Crippen molar-refractivity contribution in [3.05, 3.63) is 77.7 Å². The van der Waals surface area contributed by atoms with Crippen LogP contribution in [0.1, 0.15) is 49.3 Å². The predicted octanol–water partition coefficient (Wildman–Crippen LogP) is 6.63. The van der Waals surface area contributed by atoms with Crippen molar-refractivity contribution < 1.29 is 22.7 Å². The van der Waals surface area contributed by atoms with Gasteiger partial charge in [-0.3, -0.25) is 4.68 Å². The highest BCUT2D eigenvalue weighted by Gasteiger charge is 2.57. The van der Waals surface area contributed by atoms with E-state index in [1.807, 2.05) is 4.68 Å². The number of nitrogens with zero attached hydrogens (tertiary/aromatic N) is 2. The number of rotatable bonds is 3. The average molecular weight is 442 g/mol. The van der Waals surface area contributed by atoms with Crippen molar-refractivity contribution in [3.63, 3.8) is 0 Å². The number of hydrogen-bond acceptors (Lipinski definition) is 2. The summed E-state index contributed by atoms with van der Waals surface area (Å²) in [4.78, 5) is 0. The largest absolute Gasteiger partial charge is 0.425 e. The van der Waals surface area contributed by atoms with Gasteiger partial charge in [0.1, 0.15) is 5.82 Å². The topological polar surface area (TPSA) is 38.1 Å². The molecule has 1 heterocycles. The van der Waals surface area contributed by atoms with Crippen molar-refractivity contribution in [1.82, 2.24) is 9.78 Å². The van der Waals surface area contributed by atoms with E-state index in [4.69, 9.17) is 0 Å². The molecule has 166 valence electrons. The Bertz CT molecular complexity index is 1290. The smallest absolute Gasteiger partial charge is 0.372 e. The summed E-state index contributed by atoms with van der Waals surface area (Å²) in [6.45, 7) is 0. The standard InChI is InChI=1S/C25H22F4N2O/c26-22-12-11-21(19-8-4-5-9-20(19)22)24(32,25(27,28)29)17-10-13-23-16(14-17)15-30-31(23)18-6-2-1-3-7-18/h4-5,8-15,18,32H,1-3,6-7H2. The molecular formula is C25H22F4N2O. The van der Waals surface area contributed by atoms with E-state index in [1.165, 1.54) is 36.8 Å². The number of aliphatic hydroxyl groups is 1. The minimum Gasteiger partial charge on any atom is -0.372 e. The summed E-state index contributed by atoms with van der Waals surface area (Å²) in [5.41, 5.74) is -3.28. The molecule has 5 rings (SSSR count). The maximum absolute atomic E-state index is 14.4. The van der Waals surface area contributed by atoms with E-state index in [0.717, 1.165) is 43.3 Å². The molecule has 7 heteroatoms. The molecule has 4 aromatic rings. The van der Waals surface area contributed by atoms with Crippen molar-refractivity contribution in [1.29, 1.82) is 0 Å². The van der Waals surface area contributed by atoms with Gasteiger partial charge in [0, 0.05) is 16.3 Å². The predicted molar refractivity (Wildman–Crippen MR) is 115 cm³/mol. The first kappa shape index (κ1) is 20.9. The maximum atomic E-state index is 14.4. The van der Waals surface area contributed by atoms with E-state index in [2.05, 4.69) is 5.10 Å². The van der Waals surface area contributed by atoms with E-state index < -0.39 is 23.2 Å². The lowest BCUT2D eigenvalue weighted by Crippen LogP contribution is -2.43. The van der Waals surface area contributed by atoms with Crippen LogP contribution in [-0.4, -0.2) is 21.1 Å². The number of aromatic nitrogens is 2. The van der Waals surface area contributed by atoms with Crippen molar-refractivity contribution in [2.45, 2.75) is 49.9 Å². The van der Waals surface area contributed by atoms with Crippen molar-refractivity contribution >= 4 is 21.7 Å². The molecule has 1 aromatic heterocycles. The second-order valence-electron chi connectivity index (χ2n) is 8.50. The molecule has 0 bridgehead atoms. The molecule has 0 aliphatic heterocycles. The Balaban J connectivity index is 1.69. The molecular weight excluding hydrogens is 420 g/mol. The molecule has 32 heavy (non-hydrogen) atoms. The van der Waals surface area contributed by atoms with Crippen LogP contribution in [0.25, 0.3) is 21.7 Å². The lowest BCUT2D eigenvalue weighted by Gasteiger charge is -2.32. The Hall–Kier alpha value is -2.93. The van der Waals surface area contributed by atoms with Gasteiger partial charge >= 0.3 is 6.18 Å². The first-order valence-corrected chi connectivity index (χ1v) is 10.8. The van der Waals surface area contributed by atoms with Crippen LogP contribution in [0.2, 0.25) is 0 Å². The van der Waals surface area contributed by atoms with Gasteiger partial charge in [-0.05, 0) is 42.0 Å². The molecule has 3 aromatic carbocycles. The van der Waals surface area contributed by atoms with Gasteiger partial charge in [0.05, 0.1) is 17.8 Å². The van der Waals surface area contributed by atoms with Crippen LogP contribution in [-0.2, 0) is 5.60 Å². The Morgan fingerprint density at radius 2 is 1.62 bits per heavy atom. The van der Waals surface area contributed by atoms with Crippen LogP contribution in [0.15, 0.2) is 60.8 Å². The monoisotopic (exact) mass is 442 g/mol. The second-order valence-corrected chi connectivity index (χ2v) is 8.50. The Morgan fingerprint density at radius 1 is 0.906 bits per heavy atom. The molecule has 1 fully saturated rings. The SMILES string of the molecule is OC(c1ccc2c(cnn2C2CCCCC2)c1)(c1ccc(F)c2ccccc12)C(F)(F)F. The summed E-state index contributed by atoms with van der Waals surface area (Å²) in [5, 5.41) is 16.2. The number of hydrogen-bond donors (Lipinski definition) is 1. The van der Waals surface area contributed by atoms with Gasteiger partial charge in [0.25, 0.3) is 0 Å². The number of fused-ring (bicyclic) bond motifs is 2. The van der Waals surface area contributed by atoms with Gasteiger partial charge in [-0.15, -0.1) is 0 Å². The first-order chi connectivity index (χ1) is 15.3. The molecule has 1 aliphatic carbocycles. The van der Waals surface area contributed by atoms with E-state index in [0.29, 0.717) is 5.39 Å². The summed E-state index contributed by atoms with van der Waals surface area (Å²) < 4.78 is 59.5. The molecule has 1 aliphatic rings. The summed E-state index contributed by atoms with van der Waals surface area (Å²) >= 11 is 0. The van der Waals surface area contributed by atoms with Gasteiger partial charge in [-0.2, -0.15) is 18.3 Å². The Kier molecular flexibility index (Phi) is 4.97. The molecule has 1 atom stereocenters. The summed E-state index contributed by atoms with van der Waals surface area (Å²) in [5.74, 6) is -0.641. The lowest BCUT2D eigenvalue weighted by molar-refractivity contribution is -0.247. The van der Waals surface area contributed by atoms with Crippen LogP contribution >= 0.6 is 0 Å². The third-order valence-electron chi connectivity index (χ3n) is 6.60. The van der Waals surface area contributed by atoms with E-state index in [-0.39, 0.29) is 22.4 Å². The fourth-order valence-electron chi connectivity index (χ4n) is 4.94. The highest BCUT2D eigenvalue weighted by atomic mass is 19.4. The van der Waals surface area contributed by atoms with Crippen LogP contribution in [0.5, 0.6) is 0 Å². The third kappa shape index (κ3) is 3.18. The molecule has 1 N–H and O–H groups in total. The molecule has 0 radical (unpaired) electrons. The molecule has 0 amide bonds. The number of benzene rings is 3. The minimum atomic E-state index is -5.03. The quantitative estimate of drug-likeness (QED) is 0.362. The Morgan fingerprint density at radius 3 is 2.34 bits per heavy atom. The summed E-state index contributed by atoms with van der Waals surface area (Å²) in [6, 6.07) is 12.3. The zero-order chi connectivity index (χ0) is 22.5. The third-order valence-corrected chi connectivity index (χ3v) is 6.60. The maximum Gasteiger partial charge on any atom is 0.425 e.